The molecule has 3 aromatic rings. The van der Waals surface area contributed by atoms with Crippen LogP contribution in [0.1, 0.15) is 17.4 Å². The van der Waals surface area contributed by atoms with Gasteiger partial charge in [-0.05, 0) is 37.3 Å². The molecule has 0 saturated carbocycles. The number of halogens is 2. The van der Waals surface area contributed by atoms with Crippen molar-refractivity contribution in [2.45, 2.75) is 13.5 Å². The Morgan fingerprint density at radius 3 is 2.70 bits per heavy atom. The molecule has 0 spiro atoms. The predicted molar refractivity (Wildman–Crippen MR) is 89.8 cm³/mol. The van der Waals surface area contributed by atoms with E-state index in [4.69, 9.17) is 13.7 Å². The zero-order valence-electron chi connectivity index (χ0n) is 14.3. The molecule has 3 rings (SSSR count). The predicted octanol–water partition coefficient (Wildman–Crippen LogP) is 4.31. The van der Waals surface area contributed by atoms with Crippen molar-refractivity contribution in [3.05, 3.63) is 47.7 Å². The monoisotopic (exact) mass is 373 g/mol. The smallest absolute Gasteiger partial charge is 0.387 e. The van der Waals surface area contributed by atoms with Gasteiger partial charge in [-0.15, -0.1) is 0 Å². The number of furan rings is 1. The van der Waals surface area contributed by atoms with Gasteiger partial charge in [0.1, 0.15) is 23.2 Å². The van der Waals surface area contributed by atoms with Crippen molar-refractivity contribution in [3.63, 3.8) is 0 Å². The topological polar surface area (TPSA) is 94.3 Å². The second-order valence-electron chi connectivity index (χ2n) is 5.29. The van der Waals surface area contributed by atoms with Gasteiger partial charge in [-0.25, -0.2) is 0 Å². The minimum atomic E-state index is -2.98. The summed E-state index contributed by atoms with van der Waals surface area (Å²) in [5.41, 5.74) is 0.558. The Labute approximate surface area is 152 Å². The van der Waals surface area contributed by atoms with Gasteiger partial charge >= 0.3 is 6.61 Å². The molecule has 0 aliphatic heterocycles. The van der Waals surface area contributed by atoms with Crippen LogP contribution in [0.2, 0.25) is 0 Å². The number of nitrogens with zero attached hydrogens (tertiary/aromatic N) is 3. The highest BCUT2D eigenvalue weighted by molar-refractivity contribution is 5.85. The molecule has 2 aromatic heterocycles. The molecule has 0 bridgehead atoms. The lowest BCUT2D eigenvalue weighted by molar-refractivity contribution is -0.0512. The molecular weight excluding hydrogens is 360 g/mol. The van der Waals surface area contributed by atoms with Crippen LogP contribution < -0.4 is 9.47 Å². The van der Waals surface area contributed by atoms with Crippen LogP contribution in [-0.2, 0) is 0 Å². The fourth-order valence-corrected chi connectivity index (χ4v) is 2.27. The number of ether oxygens (including phenoxy) is 2. The van der Waals surface area contributed by atoms with Gasteiger partial charge in [-0.3, -0.25) is 0 Å². The SMILES string of the molecule is COc1cc(-c2noc(/C(C#N)=C/c3ccc(C)o3)n2)ccc1OC(F)F. The number of methoxy groups -OCH3 is 1. The van der Waals surface area contributed by atoms with E-state index in [0.29, 0.717) is 17.1 Å². The first-order valence-electron chi connectivity index (χ1n) is 7.65. The average Bonchev–Trinajstić information content (AvgIpc) is 3.28. The molecule has 1 aromatic carbocycles. The van der Waals surface area contributed by atoms with E-state index in [9.17, 15) is 14.0 Å². The summed E-state index contributed by atoms with van der Waals surface area (Å²) in [6, 6.07) is 9.65. The van der Waals surface area contributed by atoms with Gasteiger partial charge in [0.15, 0.2) is 11.5 Å². The summed E-state index contributed by atoms with van der Waals surface area (Å²) in [5, 5.41) is 13.1. The Kier molecular flexibility index (Phi) is 5.17. The summed E-state index contributed by atoms with van der Waals surface area (Å²) < 4.78 is 44.8. The molecule has 0 saturated heterocycles. The second kappa shape index (κ2) is 7.70. The zero-order chi connectivity index (χ0) is 19.4. The Balaban J connectivity index is 1.91. The quantitative estimate of drug-likeness (QED) is 0.594. The average molecular weight is 373 g/mol. The largest absolute Gasteiger partial charge is 0.493 e. The van der Waals surface area contributed by atoms with Crippen LogP contribution in [0.25, 0.3) is 23.0 Å². The molecule has 0 fully saturated rings. The van der Waals surface area contributed by atoms with Crippen molar-refractivity contribution < 1.29 is 27.2 Å². The highest BCUT2D eigenvalue weighted by Gasteiger charge is 2.17. The third kappa shape index (κ3) is 4.12. The second-order valence-corrected chi connectivity index (χ2v) is 5.29. The van der Waals surface area contributed by atoms with Crippen molar-refractivity contribution >= 4 is 11.6 Å². The van der Waals surface area contributed by atoms with E-state index in [1.54, 1.807) is 19.1 Å². The van der Waals surface area contributed by atoms with Crippen LogP contribution in [0.4, 0.5) is 8.78 Å². The molecule has 138 valence electrons. The Bertz CT molecular complexity index is 1020. The summed E-state index contributed by atoms with van der Waals surface area (Å²) in [4.78, 5) is 4.17. The van der Waals surface area contributed by atoms with Crippen molar-refractivity contribution in [1.82, 2.24) is 10.1 Å². The Morgan fingerprint density at radius 2 is 2.07 bits per heavy atom. The standard InChI is InChI=1S/C18H13F2N3O4/c1-10-3-5-13(25-10)7-12(9-21)17-22-16(23-27-17)11-4-6-14(26-18(19)20)15(8-11)24-2/h3-8,18H,1-2H3/b12-7+. The normalized spacial score (nSPS) is 11.5. The summed E-state index contributed by atoms with van der Waals surface area (Å²) in [6.07, 6.45) is 1.48. The summed E-state index contributed by atoms with van der Waals surface area (Å²) >= 11 is 0. The van der Waals surface area contributed by atoms with E-state index >= 15 is 0 Å². The molecule has 0 radical (unpaired) electrons. The van der Waals surface area contributed by atoms with Crippen molar-refractivity contribution in [2.24, 2.45) is 0 Å². The molecule has 0 aliphatic carbocycles. The van der Waals surface area contributed by atoms with Gasteiger partial charge in [0.2, 0.25) is 5.82 Å². The molecule has 9 heteroatoms. The van der Waals surface area contributed by atoms with Gasteiger partial charge in [0.05, 0.1) is 7.11 Å². The molecule has 0 atom stereocenters. The third-order valence-corrected chi connectivity index (χ3v) is 3.46. The van der Waals surface area contributed by atoms with E-state index in [1.807, 2.05) is 6.07 Å². The number of aryl methyl sites for hydroxylation is 1. The van der Waals surface area contributed by atoms with Gasteiger partial charge in [0.25, 0.3) is 5.89 Å². The maximum absolute atomic E-state index is 12.4. The van der Waals surface area contributed by atoms with Crippen LogP contribution in [-0.4, -0.2) is 23.9 Å². The van der Waals surface area contributed by atoms with E-state index in [2.05, 4.69) is 14.9 Å². The molecule has 0 aliphatic rings. The van der Waals surface area contributed by atoms with Crippen molar-refractivity contribution in [1.29, 1.82) is 5.26 Å². The molecule has 2 heterocycles. The first kappa shape index (κ1) is 18.1. The van der Waals surface area contributed by atoms with Gasteiger partial charge in [-0.2, -0.15) is 19.0 Å². The number of rotatable bonds is 6. The van der Waals surface area contributed by atoms with Crippen LogP contribution in [0.15, 0.2) is 39.3 Å². The number of hydrogen-bond donors (Lipinski definition) is 0. The van der Waals surface area contributed by atoms with Crippen LogP contribution in [0, 0.1) is 18.3 Å². The third-order valence-electron chi connectivity index (χ3n) is 3.46. The fourth-order valence-electron chi connectivity index (χ4n) is 2.27. The van der Waals surface area contributed by atoms with Crippen LogP contribution in [0.3, 0.4) is 0 Å². The van der Waals surface area contributed by atoms with E-state index in [1.165, 1.54) is 31.4 Å². The number of hydrogen-bond acceptors (Lipinski definition) is 7. The number of nitriles is 1. The van der Waals surface area contributed by atoms with E-state index in [0.717, 1.165) is 0 Å². The summed E-state index contributed by atoms with van der Waals surface area (Å²) in [6.45, 7) is -1.20. The van der Waals surface area contributed by atoms with Gasteiger partial charge in [-0.1, -0.05) is 5.16 Å². The summed E-state index contributed by atoms with van der Waals surface area (Å²) in [5.74, 6) is 1.28. The first-order chi connectivity index (χ1) is 13.0. The molecule has 0 amide bonds. The minimum absolute atomic E-state index is 0.00609. The van der Waals surface area contributed by atoms with E-state index in [-0.39, 0.29) is 28.8 Å². The number of benzene rings is 1. The maximum atomic E-state index is 12.4. The van der Waals surface area contributed by atoms with Crippen LogP contribution >= 0.6 is 0 Å². The number of aromatic nitrogens is 2. The molecular formula is C18H13F2N3O4. The van der Waals surface area contributed by atoms with Crippen LogP contribution in [0.5, 0.6) is 11.5 Å². The highest BCUT2D eigenvalue weighted by atomic mass is 19.3. The molecule has 7 nitrogen and oxygen atoms in total. The summed E-state index contributed by atoms with van der Waals surface area (Å²) in [7, 11) is 1.32. The first-order valence-corrected chi connectivity index (χ1v) is 7.65. The minimum Gasteiger partial charge on any atom is -0.493 e. The Hall–Kier alpha value is -3.67. The van der Waals surface area contributed by atoms with Gasteiger partial charge < -0.3 is 18.4 Å². The fraction of sp³-hybridized carbons (Fsp3) is 0.167. The van der Waals surface area contributed by atoms with Crippen molar-refractivity contribution in [2.75, 3.05) is 7.11 Å². The lowest BCUT2D eigenvalue weighted by Crippen LogP contribution is -2.03. The highest BCUT2D eigenvalue weighted by Crippen LogP contribution is 2.33. The molecule has 0 unspecified atom stereocenters. The van der Waals surface area contributed by atoms with Gasteiger partial charge in [0, 0.05) is 11.6 Å². The zero-order valence-corrected chi connectivity index (χ0v) is 14.3. The van der Waals surface area contributed by atoms with E-state index < -0.39 is 6.61 Å². The maximum Gasteiger partial charge on any atom is 0.387 e. The molecule has 0 N–H and O–H groups in total. The van der Waals surface area contributed by atoms with Crippen molar-refractivity contribution in [3.8, 4) is 29.0 Å². The Morgan fingerprint density at radius 1 is 1.26 bits per heavy atom. The lowest BCUT2D eigenvalue weighted by Gasteiger charge is -2.10. The number of alkyl halides is 2. The lowest BCUT2D eigenvalue weighted by atomic mass is 10.2. The number of allylic oxidation sites excluding steroid dienone is 1. The molecule has 27 heavy (non-hydrogen) atoms.